The van der Waals surface area contributed by atoms with Crippen molar-refractivity contribution in [3.8, 4) is 0 Å². The van der Waals surface area contributed by atoms with Gasteiger partial charge in [0.05, 0.1) is 18.6 Å². The maximum Gasteiger partial charge on any atom is 0.226 e. The zero-order chi connectivity index (χ0) is 16.1. The topological polar surface area (TPSA) is 58.6 Å². The van der Waals surface area contributed by atoms with Crippen molar-refractivity contribution < 1.29 is 14.3 Å². The van der Waals surface area contributed by atoms with E-state index in [0.717, 1.165) is 5.56 Å². The van der Waals surface area contributed by atoms with Crippen LogP contribution in [0, 0.1) is 5.92 Å². The number of nitrogens with zero attached hydrogens (tertiary/aromatic N) is 1. The highest BCUT2D eigenvalue weighted by Gasteiger charge is 2.44. The number of ether oxygens (including phenoxy) is 1. The molecule has 0 aromatic heterocycles. The lowest BCUT2D eigenvalue weighted by Gasteiger charge is -2.28. The molecule has 1 aromatic carbocycles. The molecular formula is C16H21ClN2O3. The number of rotatable bonds is 6. The molecule has 5 nitrogen and oxygen atoms in total. The Kier molecular flexibility index (Phi) is 5.80. The summed E-state index contributed by atoms with van der Waals surface area (Å²) in [5, 5.41) is 3.40. The highest BCUT2D eigenvalue weighted by Crippen LogP contribution is 2.40. The van der Waals surface area contributed by atoms with E-state index >= 15 is 0 Å². The predicted molar refractivity (Wildman–Crippen MR) is 84.6 cm³/mol. The van der Waals surface area contributed by atoms with E-state index in [0.29, 0.717) is 24.7 Å². The van der Waals surface area contributed by atoms with Crippen LogP contribution in [0.4, 0.5) is 0 Å². The van der Waals surface area contributed by atoms with E-state index < -0.39 is 5.92 Å². The molecule has 2 amide bonds. The van der Waals surface area contributed by atoms with Crippen LogP contribution in [0.5, 0.6) is 0 Å². The number of benzene rings is 1. The third kappa shape index (κ3) is 3.42. The maximum absolute atomic E-state index is 12.4. The van der Waals surface area contributed by atoms with Crippen molar-refractivity contribution in [3.63, 3.8) is 0 Å². The first-order chi connectivity index (χ1) is 10.6. The second kappa shape index (κ2) is 7.61. The average molecular weight is 325 g/mol. The summed E-state index contributed by atoms with van der Waals surface area (Å²) in [6.07, 6.45) is 0.211. The summed E-state index contributed by atoms with van der Waals surface area (Å²) in [5.41, 5.74) is 0.823. The van der Waals surface area contributed by atoms with Gasteiger partial charge >= 0.3 is 0 Å². The quantitative estimate of drug-likeness (QED) is 0.814. The van der Waals surface area contributed by atoms with Crippen LogP contribution in [0.3, 0.4) is 0 Å². The third-order valence-electron chi connectivity index (χ3n) is 3.94. The molecule has 1 saturated heterocycles. The van der Waals surface area contributed by atoms with Gasteiger partial charge in [-0.15, -0.1) is 0 Å². The third-order valence-corrected chi connectivity index (χ3v) is 4.28. The second-order valence-corrected chi connectivity index (χ2v) is 5.65. The summed E-state index contributed by atoms with van der Waals surface area (Å²) < 4.78 is 4.94. The van der Waals surface area contributed by atoms with Gasteiger partial charge in [0.1, 0.15) is 0 Å². The first-order valence-corrected chi connectivity index (χ1v) is 7.78. The van der Waals surface area contributed by atoms with Crippen molar-refractivity contribution in [3.05, 3.63) is 34.9 Å². The first-order valence-electron chi connectivity index (χ1n) is 7.40. The summed E-state index contributed by atoms with van der Waals surface area (Å²) >= 11 is 6.28. The Bertz CT molecular complexity index is 550. The molecule has 0 bridgehead atoms. The predicted octanol–water partition coefficient (Wildman–Crippen LogP) is 2.01. The van der Waals surface area contributed by atoms with Crippen molar-refractivity contribution in [2.45, 2.75) is 19.4 Å². The minimum atomic E-state index is -0.427. The molecule has 0 aliphatic carbocycles. The van der Waals surface area contributed by atoms with Crippen LogP contribution in [0.15, 0.2) is 24.3 Å². The number of carbonyl (C=O) groups is 2. The Morgan fingerprint density at radius 3 is 2.82 bits per heavy atom. The number of methoxy groups -OCH3 is 1. The van der Waals surface area contributed by atoms with Crippen LogP contribution < -0.4 is 5.32 Å². The Hall–Kier alpha value is -1.59. The van der Waals surface area contributed by atoms with Gasteiger partial charge in [-0.1, -0.05) is 29.8 Å². The van der Waals surface area contributed by atoms with Gasteiger partial charge in [0, 0.05) is 31.6 Å². The minimum absolute atomic E-state index is 0.0145. The fraction of sp³-hybridized carbons (Fsp3) is 0.500. The van der Waals surface area contributed by atoms with Crippen molar-refractivity contribution in [2.75, 3.05) is 26.8 Å². The van der Waals surface area contributed by atoms with E-state index in [9.17, 15) is 9.59 Å². The molecule has 120 valence electrons. The van der Waals surface area contributed by atoms with Gasteiger partial charge in [0.15, 0.2) is 0 Å². The summed E-state index contributed by atoms with van der Waals surface area (Å²) in [7, 11) is 1.58. The normalized spacial score (nSPS) is 21.2. The standard InChI is InChI=1S/C16H21ClN2O3/c1-3-19-14(20)10-12(16(21)18-8-9-22-2)15(19)11-6-4-5-7-13(11)17/h4-7,12,15H,3,8-10H2,1-2H3,(H,18,21)/t12-,15+/m1/s1. The fourth-order valence-corrected chi connectivity index (χ4v) is 3.15. The van der Waals surface area contributed by atoms with Gasteiger partial charge in [0.2, 0.25) is 11.8 Å². The summed E-state index contributed by atoms with van der Waals surface area (Å²) in [6, 6.07) is 7.07. The zero-order valence-corrected chi connectivity index (χ0v) is 13.6. The highest BCUT2D eigenvalue weighted by atomic mass is 35.5. The largest absolute Gasteiger partial charge is 0.383 e. The Morgan fingerprint density at radius 1 is 1.45 bits per heavy atom. The number of likely N-dealkylation sites (tertiary alicyclic amines) is 1. The van der Waals surface area contributed by atoms with Crippen molar-refractivity contribution in [1.29, 1.82) is 0 Å². The molecule has 22 heavy (non-hydrogen) atoms. The first kappa shape index (κ1) is 16.8. The fourth-order valence-electron chi connectivity index (χ4n) is 2.91. The minimum Gasteiger partial charge on any atom is -0.383 e. The van der Waals surface area contributed by atoms with Crippen molar-refractivity contribution in [2.24, 2.45) is 5.92 Å². The van der Waals surface area contributed by atoms with Crippen molar-refractivity contribution in [1.82, 2.24) is 10.2 Å². The van der Waals surface area contributed by atoms with E-state index in [4.69, 9.17) is 16.3 Å². The van der Waals surface area contributed by atoms with Crippen molar-refractivity contribution >= 4 is 23.4 Å². The number of hydrogen-bond donors (Lipinski definition) is 1. The monoisotopic (exact) mass is 324 g/mol. The lowest BCUT2D eigenvalue weighted by molar-refractivity contribution is -0.129. The molecule has 2 rings (SSSR count). The van der Waals surface area contributed by atoms with Crippen LogP contribution in [-0.2, 0) is 14.3 Å². The van der Waals surface area contributed by atoms with Gasteiger partial charge in [-0.05, 0) is 18.6 Å². The number of halogens is 1. The van der Waals surface area contributed by atoms with Crippen LogP contribution in [0.25, 0.3) is 0 Å². The average Bonchev–Trinajstić information content (AvgIpc) is 2.84. The SMILES string of the molecule is CCN1C(=O)C[C@@H](C(=O)NCCOC)[C@@H]1c1ccccc1Cl. The zero-order valence-electron chi connectivity index (χ0n) is 12.8. The number of carbonyl (C=O) groups excluding carboxylic acids is 2. The Morgan fingerprint density at radius 2 is 2.18 bits per heavy atom. The lowest BCUT2D eigenvalue weighted by atomic mass is 9.92. The van der Waals surface area contributed by atoms with Crippen LogP contribution >= 0.6 is 11.6 Å². The molecule has 1 N–H and O–H groups in total. The molecule has 1 heterocycles. The lowest BCUT2D eigenvalue weighted by Crippen LogP contribution is -2.37. The molecule has 2 atom stereocenters. The number of nitrogens with one attached hydrogen (secondary N) is 1. The summed E-state index contributed by atoms with van der Waals surface area (Å²) in [4.78, 5) is 26.4. The Balaban J connectivity index is 2.26. The van der Waals surface area contributed by atoms with Gasteiger partial charge in [-0.25, -0.2) is 0 Å². The molecule has 1 aliphatic heterocycles. The van der Waals surface area contributed by atoms with E-state index in [-0.39, 0.29) is 24.3 Å². The van der Waals surface area contributed by atoms with E-state index in [1.54, 1.807) is 18.1 Å². The molecule has 1 fully saturated rings. The molecule has 6 heteroatoms. The van der Waals surface area contributed by atoms with Gasteiger partial charge < -0.3 is 15.0 Å². The molecular weight excluding hydrogens is 304 g/mol. The summed E-state index contributed by atoms with van der Waals surface area (Å²) in [5.74, 6) is -0.574. The molecule has 0 unspecified atom stereocenters. The molecule has 0 radical (unpaired) electrons. The van der Waals surface area contributed by atoms with Gasteiger partial charge in [-0.2, -0.15) is 0 Å². The molecule has 0 spiro atoms. The second-order valence-electron chi connectivity index (χ2n) is 5.24. The Labute approximate surface area is 135 Å². The van der Waals surface area contributed by atoms with Gasteiger partial charge in [0.25, 0.3) is 0 Å². The highest BCUT2D eigenvalue weighted by molar-refractivity contribution is 6.31. The molecule has 1 aromatic rings. The smallest absolute Gasteiger partial charge is 0.226 e. The van der Waals surface area contributed by atoms with Crippen LogP contribution in [0.2, 0.25) is 5.02 Å². The van der Waals surface area contributed by atoms with E-state index in [1.165, 1.54) is 0 Å². The number of hydrogen-bond acceptors (Lipinski definition) is 3. The molecule has 0 saturated carbocycles. The van der Waals surface area contributed by atoms with Crippen LogP contribution in [-0.4, -0.2) is 43.5 Å². The van der Waals surface area contributed by atoms with E-state index in [2.05, 4.69) is 5.32 Å². The van der Waals surface area contributed by atoms with E-state index in [1.807, 2.05) is 25.1 Å². The summed E-state index contributed by atoms with van der Waals surface area (Å²) in [6.45, 7) is 3.34. The maximum atomic E-state index is 12.4. The van der Waals surface area contributed by atoms with Crippen LogP contribution in [0.1, 0.15) is 24.9 Å². The van der Waals surface area contributed by atoms with Gasteiger partial charge in [-0.3, -0.25) is 9.59 Å². The number of amides is 2. The molecule has 1 aliphatic rings.